The van der Waals surface area contributed by atoms with Crippen LogP contribution in [-0.2, 0) is 20.4 Å². The third-order valence-corrected chi connectivity index (χ3v) is 13.9. The van der Waals surface area contributed by atoms with E-state index < -0.39 is 10.8 Å². The number of aromatic nitrogens is 2. The number of nitrogens with zero attached hydrogens (tertiary/aromatic N) is 2. The van der Waals surface area contributed by atoms with Crippen molar-refractivity contribution in [2.75, 3.05) is 13.1 Å². The first-order valence-electron chi connectivity index (χ1n) is 15.1. The number of likely N-dealkylation sites (tertiary alicyclic amines) is 2. The Kier molecular flexibility index (Phi) is 3.05. The quantitative estimate of drug-likeness (QED) is 0.602. The van der Waals surface area contributed by atoms with Gasteiger partial charge >= 0.3 is 0 Å². The molecule has 5 saturated carbocycles. The van der Waals surface area contributed by atoms with E-state index in [4.69, 9.17) is 0 Å². The average Bonchev–Trinajstić information content (AvgIpc) is 3.78. The third-order valence-electron chi connectivity index (χ3n) is 13.9. The van der Waals surface area contributed by atoms with Crippen LogP contribution in [-0.4, -0.2) is 56.2 Å². The van der Waals surface area contributed by atoms with Crippen LogP contribution in [0.1, 0.15) is 75.8 Å². The maximum atomic E-state index is 14.3. The van der Waals surface area contributed by atoms with E-state index in [0.29, 0.717) is 48.7 Å². The molecule has 0 bridgehead atoms. The van der Waals surface area contributed by atoms with Gasteiger partial charge in [0.15, 0.2) is 0 Å². The second kappa shape index (κ2) is 5.68. The topological polar surface area (TPSA) is 106 Å². The summed E-state index contributed by atoms with van der Waals surface area (Å²) in [6.07, 6.45) is 10.4. The fourth-order valence-corrected chi connectivity index (χ4v) is 11.9. The normalized spacial score (nSPS) is 45.6. The Morgan fingerprint density at radius 1 is 0.829 bits per heavy atom. The van der Waals surface area contributed by atoms with E-state index in [1.165, 1.54) is 0 Å². The Balaban J connectivity index is 0.902. The van der Waals surface area contributed by atoms with Crippen molar-refractivity contribution in [2.24, 2.45) is 34.0 Å². The molecule has 0 aromatic carbocycles. The Bertz CT molecular complexity index is 1890. The largest absolute Gasteiger partial charge is 0.358 e. The lowest BCUT2D eigenvalue weighted by Crippen LogP contribution is -2.49. The molecule has 2 aromatic rings. The molecule has 0 radical (unpaired) electrons. The van der Waals surface area contributed by atoms with Crippen LogP contribution in [0.15, 0.2) is 35.9 Å². The van der Waals surface area contributed by atoms with Crippen molar-refractivity contribution in [1.82, 2.24) is 19.8 Å². The lowest BCUT2D eigenvalue weighted by Gasteiger charge is -2.40. The number of H-pyrrole nitrogens is 2. The van der Waals surface area contributed by atoms with Gasteiger partial charge in [0.05, 0.1) is 22.2 Å². The van der Waals surface area contributed by atoms with Crippen molar-refractivity contribution >= 4 is 23.4 Å². The highest BCUT2D eigenvalue weighted by Crippen LogP contribution is 3.01. The SMILES string of the molecule is Cc1c[nH]c2c1[C@@]13C[C@@H]1CN(C(=O)C14CC5(C(=O)N6CC7[C@@H](C)[C@@]78C6=CC(=O)c6[nH]cc(C)c68)CC15C4)C3=CC2=O. The minimum Gasteiger partial charge on any atom is -0.358 e. The summed E-state index contributed by atoms with van der Waals surface area (Å²) in [6, 6.07) is 0. The van der Waals surface area contributed by atoms with Crippen LogP contribution < -0.4 is 0 Å². The number of piperidine rings is 2. The first kappa shape index (κ1) is 22.0. The molecule has 2 amide bonds. The van der Waals surface area contributed by atoms with E-state index in [9.17, 15) is 19.2 Å². The summed E-state index contributed by atoms with van der Waals surface area (Å²) < 4.78 is 0. The van der Waals surface area contributed by atoms with Crippen molar-refractivity contribution in [1.29, 1.82) is 0 Å². The molecule has 2 aromatic heterocycles. The molecular formula is C33H30N4O4. The minimum absolute atomic E-state index is 0.0430. The van der Waals surface area contributed by atoms with Crippen LogP contribution in [0.25, 0.3) is 0 Å². The van der Waals surface area contributed by atoms with Gasteiger partial charge in [-0.2, -0.15) is 0 Å². The maximum absolute atomic E-state index is 14.3. The predicted molar refractivity (Wildman–Crippen MR) is 145 cm³/mol. The van der Waals surface area contributed by atoms with Crippen molar-refractivity contribution in [2.45, 2.75) is 57.3 Å². The van der Waals surface area contributed by atoms with Gasteiger partial charge in [0, 0.05) is 65.3 Å². The number of carbonyl (C=O) groups excluding carboxylic acids is 4. The molecule has 8 heteroatoms. The van der Waals surface area contributed by atoms with Gasteiger partial charge in [-0.1, -0.05) is 6.92 Å². The zero-order chi connectivity index (χ0) is 27.8. The monoisotopic (exact) mass is 546 g/mol. The van der Waals surface area contributed by atoms with Crippen molar-refractivity contribution in [3.8, 4) is 0 Å². The summed E-state index contributed by atoms with van der Waals surface area (Å²) >= 11 is 0. The Labute approximate surface area is 236 Å². The van der Waals surface area contributed by atoms with E-state index in [1.807, 2.05) is 29.1 Å². The number of allylic oxidation sites excluding steroid dienone is 4. The summed E-state index contributed by atoms with van der Waals surface area (Å²) in [6.45, 7) is 7.67. The van der Waals surface area contributed by atoms with Crippen LogP contribution in [0.4, 0.5) is 0 Å². The standard InChI is InChI=1S/C33H30N4O4/c1-14-7-34-25-19(38)4-21-32(23(14)25)6-17(32)9-36(21)27(40)29-11-30(13-31(29,30)12-29)28(41)37-10-18-16(3)33(18)22(37)5-20(39)26-24(33)15(2)8-35-26/h4-5,7-8,16-18,34-35H,6,9-13H2,1-3H3/t16-,17-,18?,29?,30?,31?,32+,33+/m1/s1. The van der Waals surface area contributed by atoms with Gasteiger partial charge in [0.25, 0.3) is 0 Å². The molecule has 8 nitrogen and oxygen atoms in total. The molecule has 4 heterocycles. The number of nitrogens with one attached hydrogen (secondary N) is 2. The molecule has 206 valence electrons. The second-order valence-corrected chi connectivity index (χ2v) is 15.0. The highest BCUT2D eigenvalue weighted by molar-refractivity contribution is 6.11. The number of aromatic amines is 2. The summed E-state index contributed by atoms with van der Waals surface area (Å²) in [4.78, 5) is 65.0. The highest BCUT2D eigenvalue weighted by Gasteiger charge is 3.02. The molecule has 41 heavy (non-hydrogen) atoms. The van der Waals surface area contributed by atoms with Crippen LogP contribution in [0.5, 0.6) is 0 Å². The molecule has 9 aliphatic rings. The first-order chi connectivity index (χ1) is 19.6. The van der Waals surface area contributed by atoms with E-state index in [1.54, 1.807) is 12.2 Å². The van der Waals surface area contributed by atoms with E-state index >= 15 is 0 Å². The van der Waals surface area contributed by atoms with Crippen LogP contribution >= 0.6 is 0 Å². The van der Waals surface area contributed by atoms with Gasteiger partial charge in [-0.25, -0.2) is 0 Å². The smallest absolute Gasteiger partial charge is 0.233 e. The molecule has 2 N–H and O–H groups in total. The molecule has 2 saturated heterocycles. The zero-order valence-corrected chi connectivity index (χ0v) is 23.3. The molecule has 8 atom stereocenters. The van der Waals surface area contributed by atoms with Gasteiger partial charge in [-0.15, -0.1) is 0 Å². The van der Waals surface area contributed by atoms with Crippen LogP contribution in [0.2, 0.25) is 0 Å². The van der Waals surface area contributed by atoms with Gasteiger partial charge in [0.2, 0.25) is 23.4 Å². The second-order valence-electron chi connectivity index (χ2n) is 15.0. The van der Waals surface area contributed by atoms with Gasteiger partial charge < -0.3 is 19.8 Å². The summed E-state index contributed by atoms with van der Waals surface area (Å²) in [5, 5.41) is 0. The summed E-state index contributed by atoms with van der Waals surface area (Å²) in [7, 11) is 0. The Morgan fingerprint density at radius 3 is 2.07 bits per heavy atom. The fraction of sp³-hybridized carbons (Fsp3) is 0.515. The average molecular weight is 547 g/mol. The van der Waals surface area contributed by atoms with Gasteiger partial charge in [0.1, 0.15) is 0 Å². The molecule has 2 aliphatic heterocycles. The number of ketones is 2. The highest BCUT2D eigenvalue weighted by atomic mass is 16.2. The maximum Gasteiger partial charge on any atom is 0.233 e. The number of rotatable bonds is 2. The Hall–Kier alpha value is -3.68. The van der Waals surface area contributed by atoms with Crippen molar-refractivity contribution in [3.05, 3.63) is 69.6 Å². The minimum atomic E-state index is -0.470. The lowest BCUT2D eigenvalue weighted by molar-refractivity contribution is -0.146. The first-order valence-corrected chi connectivity index (χ1v) is 15.1. The molecule has 11 rings (SSSR count). The lowest BCUT2D eigenvalue weighted by atomic mass is 9.72. The third kappa shape index (κ3) is 1.82. The summed E-state index contributed by atoms with van der Waals surface area (Å²) in [5.74, 6) is 1.28. The van der Waals surface area contributed by atoms with Crippen molar-refractivity contribution in [3.63, 3.8) is 0 Å². The Morgan fingerprint density at radius 2 is 1.41 bits per heavy atom. The number of fused-ring (bicyclic) bond motifs is 2. The van der Waals surface area contributed by atoms with Crippen LogP contribution in [0.3, 0.4) is 0 Å². The van der Waals surface area contributed by atoms with Crippen molar-refractivity contribution < 1.29 is 19.2 Å². The molecule has 4 unspecified atom stereocenters. The number of hydrogen-bond acceptors (Lipinski definition) is 4. The number of amides is 2. The number of aryl methyl sites for hydroxylation is 2. The van der Waals surface area contributed by atoms with Gasteiger partial charge in [-0.05, 0) is 79.5 Å². The molecule has 7 fully saturated rings. The van der Waals surface area contributed by atoms with Crippen LogP contribution in [0, 0.1) is 47.8 Å². The van der Waals surface area contributed by atoms with E-state index in [0.717, 1.165) is 52.9 Å². The number of carbonyl (C=O) groups is 4. The van der Waals surface area contributed by atoms with Gasteiger partial charge in [-0.3, -0.25) is 19.2 Å². The number of hydrogen-bond donors (Lipinski definition) is 2. The molecule has 7 aliphatic carbocycles. The molecule has 3 spiro atoms. The molecular weight excluding hydrogens is 516 g/mol. The fourth-order valence-electron chi connectivity index (χ4n) is 11.9. The summed E-state index contributed by atoms with van der Waals surface area (Å²) in [5.41, 5.74) is 5.95. The predicted octanol–water partition coefficient (Wildman–Crippen LogP) is 3.44. The van der Waals surface area contributed by atoms with E-state index in [2.05, 4.69) is 23.8 Å². The van der Waals surface area contributed by atoms with E-state index in [-0.39, 0.29) is 39.6 Å². The zero-order valence-electron chi connectivity index (χ0n) is 23.3.